The van der Waals surface area contributed by atoms with Crippen LogP contribution in [0.5, 0.6) is 0 Å². The quantitative estimate of drug-likeness (QED) is 0.683. The third-order valence-electron chi connectivity index (χ3n) is 3.31. The van der Waals surface area contributed by atoms with Gasteiger partial charge < -0.3 is 10.6 Å². The SMILES string of the molecule is O=C(Nc1cc(Cl)cc(Cl)c1)c1cc(NCc2ccccn2)ccn1. The Labute approximate surface area is 155 Å². The van der Waals surface area contributed by atoms with Gasteiger partial charge >= 0.3 is 0 Å². The van der Waals surface area contributed by atoms with E-state index >= 15 is 0 Å². The van der Waals surface area contributed by atoms with Crippen molar-refractivity contribution in [2.24, 2.45) is 0 Å². The fourth-order valence-electron chi connectivity index (χ4n) is 2.18. The van der Waals surface area contributed by atoms with Crippen LogP contribution in [-0.4, -0.2) is 15.9 Å². The van der Waals surface area contributed by atoms with Crippen molar-refractivity contribution in [3.63, 3.8) is 0 Å². The van der Waals surface area contributed by atoms with Gasteiger partial charge in [-0.05, 0) is 42.5 Å². The molecule has 3 rings (SSSR count). The van der Waals surface area contributed by atoms with Gasteiger partial charge in [-0.25, -0.2) is 0 Å². The summed E-state index contributed by atoms with van der Waals surface area (Å²) in [5.74, 6) is -0.347. The number of pyridine rings is 2. The van der Waals surface area contributed by atoms with E-state index < -0.39 is 0 Å². The maximum absolute atomic E-state index is 12.4. The van der Waals surface area contributed by atoms with Crippen molar-refractivity contribution in [3.05, 3.63) is 82.4 Å². The number of amides is 1. The van der Waals surface area contributed by atoms with Crippen molar-refractivity contribution in [1.29, 1.82) is 0 Å². The van der Waals surface area contributed by atoms with E-state index in [1.165, 1.54) is 0 Å². The molecule has 0 bridgehead atoms. The minimum atomic E-state index is -0.347. The van der Waals surface area contributed by atoms with E-state index in [0.717, 1.165) is 11.4 Å². The number of hydrogen-bond acceptors (Lipinski definition) is 4. The highest BCUT2D eigenvalue weighted by atomic mass is 35.5. The minimum absolute atomic E-state index is 0.280. The summed E-state index contributed by atoms with van der Waals surface area (Å²) in [6.07, 6.45) is 3.30. The first-order chi connectivity index (χ1) is 12.1. The molecule has 1 aromatic carbocycles. The molecule has 0 aliphatic carbocycles. The lowest BCUT2D eigenvalue weighted by Gasteiger charge is -2.09. The highest BCUT2D eigenvalue weighted by molar-refractivity contribution is 6.35. The fourth-order valence-corrected chi connectivity index (χ4v) is 2.71. The van der Waals surface area contributed by atoms with Crippen molar-refractivity contribution in [3.8, 4) is 0 Å². The number of nitrogens with zero attached hydrogens (tertiary/aromatic N) is 2. The Morgan fingerprint density at radius 1 is 0.920 bits per heavy atom. The first-order valence-corrected chi connectivity index (χ1v) is 8.23. The lowest BCUT2D eigenvalue weighted by molar-refractivity contribution is 0.102. The molecular weight excluding hydrogens is 359 g/mol. The van der Waals surface area contributed by atoms with Gasteiger partial charge in [-0.3, -0.25) is 14.8 Å². The Balaban J connectivity index is 1.68. The minimum Gasteiger partial charge on any atom is -0.379 e. The van der Waals surface area contributed by atoms with Gasteiger partial charge in [-0.1, -0.05) is 29.3 Å². The van der Waals surface area contributed by atoms with Crippen molar-refractivity contribution >= 4 is 40.5 Å². The summed E-state index contributed by atoms with van der Waals surface area (Å²) in [5.41, 5.74) is 2.46. The number of carbonyl (C=O) groups is 1. The molecule has 3 aromatic rings. The Hall–Kier alpha value is -2.63. The van der Waals surface area contributed by atoms with Gasteiger partial charge in [-0.15, -0.1) is 0 Å². The van der Waals surface area contributed by atoms with Gasteiger partial charge in [0.2, 0.25) is 0 Å². The van der Waals surface area contributed by atoms with Crippen LogP contribution in [0.15, 0.2) is 60.9 Å². The number of benzene rings is 1. The molecular formula is C18H14Cl2N4O. The van der Waals surface area contributed by atoms with E-state index in [1.54, 1.807) is 42.7 Å². The van der Waals surface area contributed by atoms with Crippen LogP contribution in [-0.2, 0) is 6.54 Å². The lowest BCUT2D eigenvalue weighted by Crippen LogP contribution is -2.14. The second-order valence-electron chi connectivity index (χ2n) is 5.22. The summed E-state index contributed by atoms with van der Waals surface area (Å²) >= 11 is 11.9. The molecule has 5 nitrogen and oxygen atoms in total. The zero-order valence-corrected chi connectivity index (χ0v) is 14.6. The van der Waals surface area contributed by atoms with Crippen molar-refractivity contribution in [2.75, 3.05) is 10.6 Å². The third-order valence-corrected chi connectivity index (χ3v) is 3.75. The topological polar surface area (TPSA) is 66.9 Å². The van der Waals surface area contributed by atoms with E-state index in [4.69, 9.17) is 23.2 Å². The fraction of sp³-hybridized carbons (Fsp3) is 0.0556. The molecule has 1 amide bonds. The average Bonchev–Trinajstić information content (AvgIpc) is 2.60. The standard InChI is InChI=1S/C18H14Cl2N4O/c19-12-7-13(20)9-16(8-12)24-18(25)17-10-14(4-6-22-17)23-11-15-3-1-2-5-21-15/h1-10H,11H2,(H,22,23)(H,24,25). The summed E-state index contributed by atoms with van der Waals surface area (Å²) in [7, 11) is 0. The van der Waals surface area contributed by atoms with Gasteiger partial charge in [0.05, 0.1) is 12.2 Å². The van der Waals surface area contributed by atoms with Crippen LogP contribution in [0, 0.1) is 0 Å². The van der Waals surface area contributed by atoms with E-state index in [2.05, 4.69) is 20.6 Å². The summed E-state index contributed by atoms with van der Waals surface area (Å²) < 4.78 is 0. The Bertz CT molecular complexity index is 867. The van der Waals surface area contributed by atoms with Crippen LogP contribution < -0.4 is 10.6 Å². The normalized spacial score (nSPS) is 10.3. The van der Waals surface area contributed by atoms with Crippen LogP contribution in [0.3, 0.4) is 0 Å². The second-order valence-corrected chi connectivity index (χ2v) is 6.09. The zero-order valence-electron chi connectivity index (χ0n) is 13.0. The molecule has 2 heterocycles. The van der Waals surface area contributed by atoms with Gasteiger partial charge in [0, 0.05) is 33.8 Å². The molecule has 0 aliphatic heterocycles. The average molecular weight is 373 g/mol. The number of aromatic nitrogens is 2. The summed E-state index contributed by atoms with van der Waals surface area (Å²) in [6, 6.07) is 14.0. The number of halogens is 2. The molecule has 0 unspecified atom stereocenters. The Morgan fingerprint density at radius 3 is 2.44 bits per heavy atom. The molecule has 0 saturated carbocycles. The monoisotopic (exact) mass is 372 g/mol. The molecule has 0 aliphatic rings. The number of rotatable bonds is 5. The maximum Gasteiger partial charge on any atom is 0.274 e. The predicted molar refractivity (Wildman–Crippen MR) is 100 cm³/mol. The first kappa shape index (κ1) is 17.2. The summed E-state index contributed by atoms with van der Waals surface area (Å²) in [5, 5.41) is 6.84. The molecule has 0 fully saturated rings. The summed E-state index contributed by atoms with van der Waals surface area (Å²) in [6.45, 7) is 0.551. The molecule has 126 valence electrons. The van der Waals surface area contributed by atoms with Crippen molar-refractivity contribution in [1.82, 2.24) is 9.97 Å². The highest BCUT2D eigenvalue weighted by Gasteiger charge is 2.09. The lowest BCUT2D eigenvalue weighted by atomic mass is 10.2. The van der Waals surface area contributed by atoms with Crippen molar-refractivity contribution in [2.45, 2.75) is 6.54 Å². The number of hydrogen-bond donors (Lipinski definition) is 2. The molecule has 0 saturated heterocycles. The van der Waals surface area contributed by atoms with Crippen molar-refractivity contribution < 1.29 is 4.79 Å². The van der Waals surface area contributed by atoms with Crippen LogP contribution >= 0.6 is 23.2 Å². The molecule has 2 N–H and O–H groups in total. The second kappa shape index (κ2) is 7.96. The van der Waals surface area contributed by atoms with Crippen LogP contribution in [0.25, 0.3) is 0 Å². The van der Waals surface area contributed by atoms with E-state index in [-0.39, 0.29) is 11.6 Å². The molecule has 0 atom stereocenters. The van der Waals surface area contributed by atoms with E-state index in [1.807, 2.05) is 18.2 Å². The Morgan fingerprint density at radius 2 is 1.72 bits per heavy atom. The van der Waals surface area contributed by atoms with E-state index in [0.29, 0.717) is 22.3 Å². The number of anilines is 2. The first-order valence-electron chi connectivity index (χ1n) is 7.47. The molecule has 25 heavy (non-hydrogen) atoms. The molecule has 2 aromatic heterocycles. The highest BCUT2D eigenvalue weighted by Crippen LogP contribution is 2.23. The zero-order chi connectivity index (χ0) is 17.6. The van der Waals surface area contributed by atoms with Gasteiger partial charge in [-0.2, -0.15) is 0 Å². The molecule has 0 spiro atoms. The number of carbonyl (C=O) groups excluding carboxylic acids is 1. The predicted octanol–water partition coefficient (Wildman–Crippen LogP) is 4.65. The largest absolute Gasteiger partial charge is 0.379 e. The van der Waals surface area contributed by atoms with Gasteiger partial charge in [0.1, 0.15) is 5.69 Å². The van der Waals surface area contributed by atoms with Gasteiger partial charge in [0.15, 0.2) is 0 Å². The van der Waals surface area contributed by atoms with Crippen LogP contribution in [0.2, 0.25) is 10.0 Å². The van der Waals surface area contributed by atoms with Gasteiger partial charge in [0.25, 0.3) is 5.91 Å². The van der Waals surface area contributed by atoms with E-state index in [9.17, 15) is 4.79 Å². The molecule has 7 heteroatoms. The Kier molecular flexibility index (Phi) is 5.48. The smallest absolute Gasteiger partial charge is 0.274 e. The van der Waals surface area contributed by atoms with Crippen LogP contribution in [0.1, 0.15) is 16.2 Å². The molecule has 0 radical (unpaired) electrons. The number of nitrogens with one attached hydrogen (secondary N) is 2. The van der Waals surface area contributed by atoms with Crippen LogP contribution in [0.4, 0.5) is 11.4 Å². The third kappa shape index (κ3) is 4.92. The maximum atomic E-state index is 12.4. The summed E-state index contributed by atoms with van der Waals surface area (Å²) in [4.78, 5) is 20.7.